The Morgan fingerprint density at radius 2 is 1.54 bits per heavy atom. The second-order valence-electron chi connectivity index (χ2n) is 6.22. The lowest BCUT2D eigenvalue weighted by atomic mass is 9.88. The maximum Gasteiger partial charge on any atom is 0.194 e. The summed E-state index contributed by atoms with van der Waals surface area (Å²) < 4.78 is 0. The summed E-state index contributed by atoms with van der Waals surface area (Å²) in [5.74, 6) is 0.0847. The smallest absolute Gasteiger partial charge is 0.194 e. The quantitative estimate of drug-likeness (QED) is 0.447. The van der Waals surface area contributed by atoms with Gasteiger partial charge in [-0.1, -0.05) is 69.2 Å². The predicted molar refractivity (Wildman–Crippen MR) is 98.1 cm³/mol. The molecular formula is C22H22O2. The number of rotatable bonds is 6. The first-order valence-corrected chi connectivity index (χ1v) is 8.67. The summed E-state index contributed by atoms with van der Waals surface area (Å²) in [6, 6.07) is 13.6. The number of aldehydes is 1. The molecule has 2 aromatic carbocycles. The molecule has 0 amide bonds. The van der Waals surface area contributed by atoms with Gasteiger partial charge in [0, 0.05) is 16.7 Å². The summed E-state index contributed by atoms with van der Waals surface area (Å²) >= 11 is 0. The fourth-order valence-corrected chi connectivity index (χ4v) is 3.60. The zero-order chi connectivity index (χ0) is 17.1. The predicted octanol–water partition coefficient (Wildman–Crippen LogP) is 5.45. The van der Waals surface area contributed by atoms with Crippen LogP contribution in [0.15, 0.2) is 48.0 Å². The fourth-order valence-electron chi connectivity index (χ4n) is 3.60. The molecule has 0 atom stereocenters. The first-order chi connectivity index (χ1) is 11.7. The van der Waals surface area contributed by atoms with Crippen LogP contribution in [-0.2, 0) is 4.79 Å². The molecule has 2 heteroatoms. The SMILES string of the molecule is CCC/C(C=O)=C(\CCC)c1cccc2c1-c1ccccc1C2=O. The Hall–Kier alpha value is -2.48. The van der Waals surface area contributed by atoms with Crippen LogP contribution < -0.4 is 0 Å². The van der Waals surface area contributed by atoms with Crippen LogP contribution in [0.2, 0.25) is 0 Å². The molecule has 1 aliphatic rings. The lowest BCUT2D eigenvalue weighted by Crippen LogP contribution is -1.99. The van der Waals surface area contributed by atoms with E-state index in [1.807, 2.05) is 36.4 Å². The molecular weight excluding hydrogens is 296 g/mol. The number of carbonyl (C=O) groups is 2. The summed E-state index contributed by atoms with van der Waals surface area (Å²) in [6.07, 6.45) is 4.52. The third kappa shape index (κ3) is 2.62. The first-order valence-electron chi connectivity index (χ1n) is 8.67. The van der Waals surface area contributed by atoms with Crippen LogP contribution in [0.25, 0.3) is 16.7 Å². The van der Waals surface area contributed by atoms with E-state index in [1.165, 1.54) is 0 Å². The van der Waals surface area contributed by atoms with Crippen molar-refractivity contribution in [3.05, 3.63) is 64.7 Å². The van der Waals surface area contributed by atoms with E-state index >= 15 is 0 Å². The van der Waals surface area contributed by atoms with Crippen molar-refractivity contribution >= 4 is 17.6 Å². The molecule has 2 aromatic rings. The van der Waals surface area contributed by atoms with Crippen molar-refractivity contribution in [3.8, 4) is 11.1 Å². The van der Waals surface area contributed by atoms with E-state index in [2.05, 4.69) is 19.9 Å². The van der Waals surface area contributed by atoms with E-state index < -0.39 is 0 Å². The Bertz CT molecular complexity index is 828. The van der Waals surface area contributed by atoms with E-state index in [1.54, 1.807) is 0 Å². The van der Waals surface area contributed by atoms with E-state index in [9.17, 15) is 9.59 Å². The van der Waals surface area contributed by atoms with Gasteiger partial charge in [-0.05, 0) is 35.1 Å². The topological polar surface area (TPSA) is 34.1 Å². The minimum Gasteiger partial charge on any atom is -0.298 e. The van der Waals surface area contributed by atoms with Gasteiger partial charge < -0.3 is 0 Å². The molecule has 122 valence electrons. The van der Waals surface area contributed by atoms with E-state index in [4.69, 9.17) is 0 Å². The average Bonchev–Trinajstić information content (AvgIpc) is 2.91. The van der Waals surface area contributed by atoms with Crippen LogP contribution in [0.1, 0.15) is 61.0 Å². The van der Waals surface area contributed by atoms with Crippen LogP contribution in [0, 0.1) is 0 Å². The average molecular weight is 318 g/mol. The van der Waals surface area contributed by atoms with Crippen molar-refractivity contribution in [1.82, 2.24) is 0 Å². The van der Waals surface area contributed by atoms with Gasteiger partial charge in [-0.2, -0.15) is 0 Å². The minimum atomic E-state index is 0.0847. The number of fused-ring (bicyclic) bond motifs is 3. The molecule has 0 bridgehead atoms. The zero-order valence-corrected chi connectivity index (χ0v) is 14.3. The number of ketones is 1. The summed E-state index contributed by atoms with van der Waals surface area (Å²) in [5.41, 5.74) is 6.51. The Morgan fingerprint density at radius 1 is 0.875 bits per heavy atom. The van der Waals surface area contributed by atoms with Crippen LogP contribution >= 0.6 is 0 Å². The van der Waals surface area contributed by atoms with Crippen LogP contribution in [-0.4, -0.2) is 12.1 Å². The van der Waals surface area contributed by atoms with Gasteiger partial charge in [0.25, 0.3) is 0 Å². The van der Waals surface area contributed by atoms with Gasteiger partial charge in [0.05, 0.1) is 0 Å². The zero-order valence-electron chi connectivity index (χ0n) is 14.3. The molecule has 0 saturated carbocycles. The molecule has 1 aliphatic carbocycles. The van der Waals surface area contributed by atoms with Crippen LogP contribution in [0.4, 0.5) is 0 Å². The number of allylic oxidation sites excluding steroid dienone is 2. The maximum atomic E-state index is 12.7. The highest BCUT2D eigenvalue weighted by atomic mass is 16.1. The molecule has 0 radical (unpaired) electrons. The summed E-state index contributed by atoms with van der Waals surface area (Å²) in [7, 11) is 0. The Labute approximate surface area is 143 Å². The van der Waals surface area contributed by atoms with Crippen molar-refractivity contribution < 1.29 is 9.59 Å². The largest absolute Gasteiger partial charge is 0.298 e. The third-order valence-electron chi connectivity index (χ3n) is 4.62. The van der Waals surface area contributed by atoms with Gasteiger partial charge in [-0.15, -0.1) is 0 Å². The van der Waals surface area contributed by atoms with Gasteiger partial charge in [-0.25, -0.2) is 0 Å². The molecule has 0 fully saturated rings. The summed E-state index contributed by atoms with van der Waals surface area (Å²) in [4.78, 5) is 24.4. The highest BCUT2D eigenvalue weighted by molar-refractivity contribution is 6.23. The molecule has 2 nitrogen and oxygen atoms in total. The molecule has 3 rings (SSSR count). The Balaban J connectivity index is 2.28. The maximum absolute atomic E-state index is 12.7. The van der Waals surface area contributed by atoms with Gasteiger partial charge >= 0.3 is 0 Å². The van der Waals surface area contributed by atoms with Gasteiger partial charge in [0.1, 0.15) is 6.29 Å². The van der Waals surface area contributed by atoms with Crippen molar-refractivity contribution in [2.24, 2.45) is 0 Å². The van der Waals surface area contributed by atoms with E-state index in [0.717, 1.165) is 70.9 Å². The minimum absolute atomic E-state index is 0.0847. The molecule has 0 spiro atoms. The summed E-state index contributed by atoms with van der Waals surface area (Å²) in [6.45, 7) is 4.21. The van der Waals surface area contributed by atoms with Crippen molar-refractivity contribution in [2.45, 2.75) is 39.5 Å². The number of hydrogen-bond donors (Lipinski definition) is 0. The highest BCUT2D eigenvalue weighted by Gasteiger charge is 2.29. The van der Waals surface area contributed by atoms with E-state index in [0.29, 0.717) is 0 Å². The third-order valence-corrected chi connectivity index (χ3v) is 4.62. The molecule has 0 unspecified atom stereocenters. The van der Waals surface area contributed by atoms with Gasteiger partial charge in [0.15, 0.2) is 5.78 Å². The molecule has 0 aliphatic heterocycles. The van der Waals surface area contributed by atoms with Crippen molar-refractivity contribution in [1.29, 1.82) is 0 Å². The van der Waals surface area contributed by atoms with E-state index in [-0.39, 0.29) is 5.78 Å². The molecule has 0 N–H and O–H groups in total. The lowest BCUT2D eigenvalue weighted by Gasteiger charge is -2.15. The molecule has 24 heavy (non-hydrogen) atoms. The van der Waals surface area contributed by atoms with Crippen molar-refractivity contribution in [2.75, 3.05) is 0 Å². The lowest BCUT2D eigenvalue weighted by molar-refractivity contribution is -0.105. The van der Waals surface area contributed by atoms with Gasteiger partial charge in [0.2, 0.25) is 0 Å². The van der Waals surface area contributed by atoms with Crippen molar-refractivity contribution in [3.63, 3.8) is 0 Å². The van der Waals surface area contributed by atoms with Gasteiger partial charge in [-0.3, -0.25) is 9.59 Å². The Morgan fingerprint density at radius 3 is 2.21 bits per heavy atom. The molecule has 0 aromatic heterocycles. The second-order valence-corrected chi connectivity index (χ2v) is 6.22. The monoisotopic (exact) mass is 318 g/mol. The first kappa shape index (κ1) is 16.4. The molecule has 0 saturated heterocycles. The molecule has 0 heterocycles. The number of hydrogen-bond acceptors (Lipinski definition) is 2. The highest BCUT2D eigenvalue weighted by Crippen LogP contribution is 2.42. The second kappa shape index (κ2) is 6.96. The summed E-state index contributed by atoms with van der Waals surface area (Å²) in [5, 5.41) is 0. The number of carbonyl (C=O) groups excluding carboxylic acids is 2. The van der Waals surface area contributed by atoms with Crippen LogP contribution in [0.5, 0.6) is 0 Å². The number of benzene rings is 2. The normalized spacial score (nSPS) is 13.3. The Kier molecular flexibility index (Phi) is 4.75. The standard InChI is InChI=1S/C22H22O2/c1-3-8-15(14-23)16(9-4-2)17-12-7-13-20-21(17)18-10-5-6-11-19(18)22(20)24/h5-7,10-14H,3-4,8-9H2,1-2H3/b16-15-. The van der Waals surface area contributed by atoms with Crippen LogP contribution in [0.3, 0.4) is 0 Å². The fraction of sp³-hybridized carbons (Fsp3) is 0.273.